The molecular weight excluding hydrogens is 454 g/mol. The Morgan fingerprint density at radius 1 is 0.861 bits per heavy atom. The van der Waals surface area contributed by atoms with E-state index in [0.717, 1.165) is 67.9 Å². The molecule has 2 aromatic carbocycles. The van der Waals surface area contributed by atoms with Crippen LogP contribution < -0.4 is 4.74 Å². The number of piperidine rings is 1. The molecule has 0 atom stereocenters. The zero-order valence-corrected chi connectivity index (χ0v) is 21.9. The summed E-state index contributed by atoms with van der Waals surface area (Å²) >= 11 is 0. The van der Waals surface area contributed by atoms with Crippen molar-refractivity contribution in [3.63, 3.8) is 0 Å². The number of amides is 2. The Labute approximate surface area is 214 Å². The molecule has 0 saturated carbocycles. The van der Waals surface area contributed by atoms with Crippen molar-refractivity contribution < 1.29 is 19.1 Å². The molecule has 3 heterocycles. The molecule has 192 valence electrons. The maximum atomic E-state index is 12.9. The molecule has 0 aliphatic carbocycles. The summed E-state index contributed by atoms with van der Waals surface area (Å²) < 4.78 is 12.0. The zero-order chi connectivity index (χ0) is 25.5. The van der Waals surface area contributed by atoms with Crippen molar-refractivity contribution in [1.29, 1.82) is 0 Å². The largest absolute Gasteiger partial charge is 0.487 e. The van der Waals surface area contributed by atoms with Crippen LogP contribution >= 0.6 is 0 Å². The predicted molar refractivity (Wildman–Crippen MR) is 139 cm³/mol. The first-order chi connectivity index (χ1) is 17.1. The van der Waals surface area contributed by atoms with Gasteiger partial charge in [-0.3, -0.25) is 4.79 Å². The lowest BCUT2D eigenvalue weighted by Gasteiger charge is -2.39. The molecule has 0 unspecified atom stereocenters. The van der Waals surface area contributed by atoms with Gasteiger partial charge in [-0.1, -0.05) is 18.2 Å². The number of hydrogen-bond acceptors (Lipinski definition) is 5. The molecule has 7 heteroatoms. The van der Waals surface area contributed by atoms with Crippen molar-refractivity contribution in [2.45, 2.75) is 51.2 Å². The van der Waals surface area contributed by atoms with Gasteiger partial charge in [0.05, 0.1) is 0 Å². The minimum atomic E-state index is -0.487. The number of piperazine rings is 1. The highest BCUT2D eigenvalue weighted by Gasteiger charge is 2.43. The molecule has 0 bridgehead atoms. The topological polar surface area (TPSA) is 62.3 Å². The monoisotopic (exact) mass is 491 g/mol. The third-order valence-electron chi connectivity index (χ3n) is 7.48. The quantitative estimate of drug-likeness (QED) is 0.621. The van der Waals surface area contributed by atoms with Gasteiger partial charge in [0, 0.05) is 64.1 Å². The molecule has 0 N–H and O–H groups in total. The van der Waals surface area contributed by atoms with Crippen molar-refractivity contribution in [1.82, 2.24) is 14.7 Å². The third-order valence-corrected chi connectivity index (χ3v) is 7.48. The van der Waals surface area contributed by atoms with E-state index in [1.54, 1.807) is 4.90 Å². The standard InChI is InChI=1S/C29H37N3O4/c1-28(2,3)36-27(34)32-13-11-29(12-14-32)20-24-19-23(9-10-25(24)35-29)21-5-7-22(8-6-21)26(33)31-17-15-30(4)16-18-31/h5-10,19H,11-18,20H2,1-4H3. The molecule has 2 amide bonds. The van der Waals surface area contributed by atoms with Crippen molar-refractivity contribution in [2.75, 3.05) is 46.3 Å². The SMILES string of the molecule is CN1CCN(C(=O)c2ccc(-c3ccc4c(c3)CC3(CCN(C(=O)OC(C)(C)C)CC3)O4)cc2)CC1. The second kappa shape index (κ2) is 9.43. The number of benzene rings is 2. The molecule has 0 radical (unpaired) electrons. The first-order valence-corrected chi connectivity index (χ1v) is 13.0. The fourth-order valence-electron chi connectivity index (χ4n) is 5.31. The number of hydrogen-bond donors (Lipinski definition) is 0. The number of carbonyl (C=O) groups excluding carboxylic acids is 2. The summed E-state index contributed by atoms with van der Waals surface area (Å²) in [7, 11) is 2.09. The van der Waals surface area contributed by atoms with Gasteiger partial charge in [-0.2, -0.15) is 0 Å². The minimum absolute atomic E-state index is 0.108. The number of likely N-dealkylation sites (tertiary alicyclic amines) is 1. The molecule has 36 heavy (non-hydrogen) atoms. The van der Waals surface area contributed by atoms with Gasteiger partial charge in [0.15, 0.2) is 0 Å². The number of rotatable bonds is 2. The Balaban J connectivity index is 1.22. The van der Waals surface area contributed by atoms with Gasteiger partial charge < -0.3 is 24.2 Å². The molecule has 2 fully saturated rings. The normalized spacial score (nSPS) is 19.7. The summed E-state index contributed by atoms with van der Waals surface area (Å²) in [5, 5.41) is 0. The lowest BCUT2D eigenvalue weighted by atomic mass is 9.86. The van der Waals surface area contributed by atoms with E-state index in [-0.39, 0.29) is 17.6 Å². The maximum Gasteiger partial charge on any atom is 0.410 e. The lowest BCUT2D eigenvalue weighted by molar-refractivity contribution is -0.00888. The average Bonchev–Trinajstić information content (AvgIpc) is 3.20. The van der Waals surface area contributed by atoms with Gasteiger partial charge in [-0.15, -0.1) is 0 Å². The predicted octanol–water partition coefficient (Wildman–Crippen LogP) is 4.45. The van der Waals surface area contributed by atoms with Crippen LogP contribution in [0.3, 0.4) is 0 Å². The van der Waals surface area contributed by atoms with Crippen LogP contribution in [0.25, 0.3) is 11.1 Å². The molecule has 5 rings (SSSR count). The van der Waals surface area contributed by atoms with Crippen molar-refractivity contribution in [3.05, 3.63) is 53.6 Å². The van der Waals surface area contributed by atoms with Crippen LogP contribution in [-0.2, 0) is 11.2 Å². The second-order valence-corrected chi connectivity index (χ2v) is 11.4. The Morgan fingerprint density at radius 2 is 1.50 bits per heavy atom. The number of fused-ring (bicyclic) bond motifs is 1. The molecule has 0 aromatic heterocycles. The van der Waals surface area contributed by atoms with E-state index >= 15 is 0 Å². The van der Waals surface area contributed by atoms with E-state index in [2.05, 4.69) is 30.1 Å². The van der Waals surface area contributed by atoms with Crippen LogP contribution in [0.15, 0.2) is 42.5 Å². The van der Waals surface area contributed by atoms with Crippen LogP contribution in [0.2, 0.25) is 0 Å². The van der Waals surface area contributed by atoms with E-state index in [9.17, 15) is 9.59 Å². The van der Waals surface area contributed by atoms with Gasteiger partial charge in [-0.25, -0.2) is 4.79 Å². The molecule has 2 saturated heterocycles. The van der Waals surface area contributed by atoms with Crippen LogP contribution in [0.4, 0.5) is 4.79 Å². The van der Waals surface area contributed by atoms with E-state index < -0.39 is 5.60 Å². The first-order valence-electron chi connectivity index (χ1n) is 13.0. The summed E-state index contributed by atoms with van der Waals surface area (Å²) in [5.41, 5.74) is 3.42. The third kappa shape index (κ3) is 5.21. The zero-order valence-electron chi connectivity index (χ0n) is 21.9. The highest BCUT2D eigenvalue weighted by Crippen LogP contribution is 2.42. The number of carbonyl (C=O) groups is 2. The number of ether oxygens (including phenoxy) is 2. The summed E-state index contributed by atoms with van der Waals surface area (Å²) in [6.07, 6.45) is 2.18. The Bertz CT molecular complexity index is 1120. The van der Waals surface area contributed by atoms with E-state index in [1.807, 2.05) is 49.9 Å². The summed E-state index contributed by atoms with van der Waals surface area (Å²) in [5.74, 6) is 1.04. The first kappa shape index (κ1) is 24.6. The molecule has 1 spiro atoms. The molecule has 3 aliphatic rings. The van der Waals surface area contributed by atoms with Crippen LogP contribution in [0, 0.1) is 0 Å². The van der Waals surface area contributed by atoms with Gasteiger partial charge in [-0.05, 0) is 68.8 Å². The molecule has 3 aliphatic heterocycles. The maximum absolute atomic E-state index is 12.9. The van der Waals surface area contributed by atoms with Gasteiger partial charge in [0.2, 0.25) is 0 Å². The fourth-order valence-corrected chi connectivity index (χ4v) is 5.31. The van der Waals surface area contributed by atoms with E-state index in [4.69, 9.17) is 9.47 Å². The number of likely N-dealkylation sites (N-methyl/N-ethyl adjacent to an activating group) is 1. The average molecular weight is 492 g/mol. The molecule has 2 aromatic rings. The van der Waals surface area contributed by atoms with Crippen LogP contribution in [-0.4, -0.2) is 84.2 Å². The van der Waals surface area contributed by atoms with Crippen molar-refractivity contribution in [3.8, 4) is 16.9 Å². The highest BCUT2D eigenvalue weighted by molar-refractivity contribution is 5.94. The summed E-state index contributed by atoms with van der Waals surface area (Å²) in [6, 6.07) is 14.3. The lowest BCUT2D eigenvalue weighted by Crippen LogP contribution is -2.50. The van der Waals surface area contributed by atoms with E-state index in [1.165, 1.54) is 5.56 Å². The fraction of sp³-hybridized carbons (Fsp3) is 0.517. The second-order valence-electron chi connectivity index (χ2n) is 11.4. The Kier molecular flexibility index (Phi) is 6.45. The van der Waals surface area contributed by atoms with Crippen LogP contribution in [0.1, 0.15) is 49.5 Å². The Hall–Kier alpha value is -3.06. The molecule has 7 nitrogen and oxygen atoms in total. The smallest absolute Gasteiger partial charge is 0.410 e. The number of nitrogens with zero attached hydrogens (tertiary/aromatic N) is 3. The van der Waals surface area contributed by atoms with Crippen LogP contribution in [0.5, 0.6) is 5.75 Å². The molecular formula is C29H37N3O4. The Morgan fingerprint density at radius 3 is 2.14 bits per heavy atom. The van der Waals surface area contributed by atoms with Gasteiger partial charge in [0.1, 0.15) is 17.0 Å². The highest BCUT2D eigenvalue weighted by atomic mass is 16.6. The van der Waals surface area contributed by atoms with Crippen molar-refractivity contribution in [2.24, 2.45) is 0 Å². The summed E-state index contributed by atoms with van der Waals surface area (Å²) in [4.78, 5) is 31.3. The summed E-state index contributed by atoms with van der Waals surface area (Å²) in [6.45, 7) is 10.3. The van der Waals surface area contributed by atoms with Crippen molar-refractivity contribution >= 4 is 12.0 Å². The van der Waals surface area contributed by atoms with E-state index in [0.29, 0.717) is 13.1 Å². The minimum Gasteiger partial charge on any atom is -0.487 e. The van der Waals surface area contributed by atoms with Gasteiger partial charge >= 0.3 is 6.09 Å². The van der Waals surface area contributed by atoms with Gasteiger partial charge in [0.25, 0.3) is 5.91 Å².